The van der Waals surface area contributed by atoms with Gasteiger partial charge in [0.25, 0.3) is 5.91 Å². The van der Waals surface area contributed by atoms with Gasteiger partial charge in [-0.15, -0.1) is 0 Å². The number of carbonyl (C=O) groups is 1. The van der Waals surface area contributed by atoms with Crippen LogP contribution in [0.5, 0.6) is 5.75 Å². The second-order valence-electron chi connectivity index (χ2n) is 4.12. The predicted molar refractivity (Wildman–Crippen MR) is 71.9 cm³/mol. The second-order valence-corrected chi connectivity index (χ2v) is 4.12. The van der Waals surface area contributed by atoms with Crippen LogP contribution in [0.15, 0.2) is 29.6 Å². The number of anilines is 1. The molecule has 0 fully saturated rings. The van der Waals surface area contributed by atoms with Gasteiger partial charge in [-0.3, -0.25) is 9.89 Å². The summed E-state index contributed by atoms with van der Waals surface area (Å²) in [7, 11) is 0. The van der Waals surface area contributed by atoms with Crippen molar-refractivity contribution in [3.63, 3.8) is 0 Å². The number of hydrogen-bond donors (Lipinski definition) is 5. The van der Waals surface area contributed by atoms with E-state index in [0.29, 0.717) is 0 Å². The Morgan fingerprint density at radius 1 is 1.45 bits per heavy atom. The average Bonchev–Trinajstić information content (AvgIpc) is 2.85. The number of aromatic hydroxyl groups is 1. The molecular weight excluding hydrogens is 262 g/mol. The number of aryl methyl sites for hydroxylation is 1. The van der Waals surface area contributed by atoms with E-state index in [1.54, 1.807) is 13.0 Å². The van der Waals surface area contributed by atoms with Gasteiger partial charge in [0.1, 0.15) is 11.6 Å². The fourth-order valence-electron chi connectivity index (χ4n) is 1.64. The third-order valence-electron chi connectivity index (χ3n) is 2.66. The van der Waals surface area contributed by atoms with Crippen molar-refractivity contribution in [1.29, 1.82) is 0 Å². The van der Waals surface area contributed by atoms with E-state index in [9.17, 15) is 9.90 Å². The van der Waals surface area contributed by atoms with Crippen LogP contribution in [-0.2, 0) is 0 Å². The van der Waals surface area contributed by atoms with Gasteiger partial charge in [-0.1, -0.05) is 11.2 Å². The Hall–Kier alpha value is -3.03. The fourth-order valence-corrected chi connectivity index (χ4v) is 1.64. The average molecular weight is 275 g/mol. The van der Waals surface area contributed by atoms with Crippen LogP contribution in [0.25, 0.3) is 0 Å². The smallest absolute Gasteiger partial charge is 0.260 e. The molecule has 1 heterocycles. The number of carbonyl (C=O) groups excluding carboxylic acids is 1. The molecule has 2 rings (SSSR count). The van der Waals surface area contributed by atoms with E-state index in [-0.39, 0.29) is 28.5 Å². The highest BCUT2D eigenvalue weighted by Gasteiger charge is 2.16. The van der Waals surface area contributed by atoms with Crippen LogP contribution in [0.2, 0.25) is 0 Å². The lowest BCUT2D eigenvalue weighted by molar-refractivity contribution is 0.102. The first-order valence-corrected chi connectivity index (χ1v) is 5.65. The number of phenolic OH excluding ortho intramolecular Hbond substituents is 1. The summed E-state index contributed by atoms with van der Waals surface area (Å²) in [6, 6.07) is 4.68. The van der Waals surface area contributed by atoms with E-state index in [1.807, 2.05) is 0 Å². The Morgan fingerprint density at radius 2 is 2.20 bits per heavy atom. The molecule has 6 N–H and O–H groups in total. The molecule has 1 aromatic carbocycles. The van der Waals surface area contributed by atoms with E-state index >= 15 is 0 Å². The van der Waals surface area contributed by atoms with E-state index in [1.165, 1.54) is 18.3 Å². The third kappa shape index (κ3) is 2.53. The number of amides is 1. The molecular formula is C12H13N5O3. The highest BCUT2D eigenvalue weighted by molar-refractivity contribution is 6.09. The van der Waals surface area contributed by atoms with Gasteiger partial charge in [0, 0.05) is 0 Å². The number of hydrogen-bond acceptors (Lipinski definition) is 5. The number of nitrogens with zero attached hydrogens (tertiary/aromatic N) is 2. The quantitative estimate of drug-likeness (QED) is 0.244. The van der Waals surface area contributed by atoms with Crippen molar-refractivity contribution in [1.82, 2.24) is 10.2 Å². The monoisotopic (exact) mass is 275 g/mol. The van der Waals surface area contributed by atoms with Gasteiger partial charge in [0.15, 0.2) is 5.84 Å². The zero-order valence-corrected chi connectivity index (χ0v) is 10.6. The molecule has 0 bridgehead atoms. The molecule has 0 aliphatic heterocycles. The number of amidine groups is 1. The number of rotatable bonds is 3. The number of nitrogens with one attached hydrogen (secondary N) is 2. The molecule has 8 nitrogen and oxygen atoms in total. The van der Waals surface area contributed by atoms with Gasteiger partial charge < -0.3 is 21.4 Å². The van der Waals surface area contributed by atoms with Crippen LogP contribution < -0.4 is 11.1 Å². The van der Waals surface area contributed by atoms with Crippen LogP contribution in [-0.4, -0.2) is 32.3 Å². The molecule has 1 amide bonds. The number of oxime groups is 1. The molecule has 0 saturated heterocycles. The molecule has 0 atom stereocenters. The molecule has 20 heavy (non-hydrogen) atoms. The zero-order chi connectivity index (χ0) is 14.7. The van der Waals surface area contributed by atoms with Crippen molar-refractivity contribution in [2.75, 3.05) is 5.32 Å². The summed E-state index contributed by atoms with van der Waals surface area (Å²) in [6.45, 7) is 1.80. The maximum absolute atomic E-state index is 12.0. The minimum Gasteiger partial charge on any atom is -0.507 e. The van der Waals surface area contributed by atoms with Crippen LogP contribution >= 0.6 is 0 Å². The molecule has 0 spiro atoms. The van der Waals surface area contributed by atoms with Gasteiger partial charge >= 0.3 is 0 Å². The first-order chi connectivity index (χ1) is 9.52. The first-order valence-electron chi connectivity index (χ1n) is 5.65. The molecule has 0 radical (unpaired) electrons. The van der Waals surface area contributed by atoms with Gasteiger partial charge in [0.2, 0.25) is 0 Å². The summed E-state index contributed by atoms with van der Waals surface area (Å²) < 4.78 is 0. The predicted octanol–water partition coefficient (Wildman–Crippen LogP) is 0.771. The molecule has 0 aliphatic carbocycles. The van der Waals surface area contributed by atoms with Crippen molar-refractivity contribution in [3.05, 3.63) is 41.1 Å². The van der Waals surface area contributed by atoms with Gasteiger partial charge in [0.05, 0.1) is 17.3 Å². The lowest BCUT2D eigenvalue weighted by Gasteiger charge is -2.07. The molecule has 8 heteroatoms. The second kappa shape index (κ2) is 5.31. The highest BCUT2D eigenvalue weighted by Crippen LogP contribution is 2.20. The van der Waals surface area contributed by atoms with E-state index in [0.717, 1.165) is 5.56 Å². The molecule has 104 valence electrons. The normalized spacial score (nSPS) is 11.3. The molecule has 0 aliphatic rings. The molecule has 2 aromatic rings. The standard InChI is InChI=1S/C12H13N5O3/c1-6-2-3-7(9(18)4-6)12(19)15-11-8(5-14-16-11)10(13)17-20/h2-5,18,20H,1H3,(H2,13,17)(H2,14,15,16,19). The summed E-state index contributed by atoms with van der Waals surface area (Å²) in [4.78, 5) is 12.0. The SMILES string of the molecule is Cc1ccc(C(=O)Nc2[nH]ncc2C(N)=NO)c(O)c1. The number of H-pyrrole nitrogens is 1. The van der Waals surface area contributed by atoms with E-state index in [4.69, 9.17) is 10.9 Å². The van der Waals surface area contributed by atoms with E-state index in [2.05, 4.69) is 20.7 Å². The van der Waals surface area contributed by atoms with Gasteiger partial charge in [-0.05, 0) is 24.6 Å². The van der Waals surface area contributed by atoms with Crippen LogP contribution in [0, 0.1) is 6.92 Å². The Morgan fingerprint density at radius 3 is 2.85 bits per heavy atom. The maximum Gasteiger partial charge on any atom is 0.260 e. The summed E-state index contributed by atoms with van der Waals surface area (Å²) in [5.41, 5.74) is 6.62. The topological polar surface area (TPSA) is 137 Å². The lowest BCUT2D eigenvalue weighted by atomic mass is 10.1. The molecule has 1 aromatic heterocycles. The number of aromatic nitrogens is 2. The number of benzene rings is 1. The van der Waals surface area contributed by atoms with Crippen LogP contribution in [0.1, 0.15) is 21.5 Å². The van der Waals surface area contributed by atoms with Crippen LogP contribution in [0.3, 0.4) is 0 Å². The zero-order valence-electron chi connectivity index (χ0n) is 10.6. The first kappa shape index (κ1) is 13.4. The van der Waals surface area contributed by atoms with Crippen molar-refractivity contribution < 1.29 is 15.1 Å². The lowest BCUT2D eigenvalue weighted by Crippen LogP contribution is -2.18. The third-order valence-corrected chi connectivity index (χ3v) is 2.66. The highest BCUT2D eigenvalue weighted by atomic mass is 16.4. The van der Waals surface area contributed by atoms with Crippen molar-refractivity contribution in [2.45, 2.75) is 6.92 Å². The number of phenols is 1. The largest absolute Gasteiger partial charge is 0.507 e. The summed E-state index contributed by atoms with van der Waals surface area (Å²) >= 11 is 0. The number of aromatic amines is 1. The minimum absolute atomic E-state index is 0.107. The molecule has 0 saturated carbocycles. The fraction of sp³-hybridized carbons (Fsp3) is 0.0833. The van der Waals surface area contributed by atoms with Crippen LogP contribution in [0.4, 0.5) is 5.82 Å². The number of nitrogens with two attached hydrogens (primary N) is 1. The molecule has 0 unspecified atom stereocenters. The summed E-state index contributed by atoms with van der Waals surface area (Å²) in [6.07, 6.45) is 1.31. The van der Waals surface area contributed by atoms with Crippen molar-refractivity contribution in [3.8, 4) is 5.75 Å². The van der Waals surface area contributed by atoms with Gasteiger partial charge in [-0.25, -0.2) is 0 Å². The Kier molecular flexibility index (Phi) is 3.56. The minimum atomic E-state index is -0.543. The van der Waals surface area contributed by atoms with Crippen molar-refractivity contribution in [2.24, 2.45) is 10.9 Å². The summed E-state index contributed by atoms with van der Waals surface area (Å²) in [5.74, 6) is -0.696. The van der Waals surface area contributed by atoms with Gasteiger partial charge in [-0.2, -0.15) is 5.10 Å². The van der Waals surface area contributed by atoms with E-state index < -0.39 is 5.91 Å². The Labute approximate surface area is 113 Å². The van der Waals surface area contributed by atoms with Crippen molar-refractivity contribution >= 4 is 17.6 Å². The Balaban J connectivity index is 2.26. The Bertz CT molecular complexity index is 677. The maximum atomic E-state index is 12.0. The summed E-state index contributed by atoms with van der Waals surface area (Å²) in [5, 5.41) is 29.9.